The largest absolute Gasteiger partial charge is 0.497 e. The molecule has 0 aliphatic rings. The third kappa shape index (κ3) is 6.35. The maximum absolute atomic E-state index is 12.2. The Hall–Kier alpha value is -3.27. The fourth-order valence-corrected chi connectivity index (χ4v) is 3.58. The molecule has 0 unspecified atom stereocenters. The van der Waals surface area contributed by atoms with Gasteiger partial charge in [-0.2, -0.15) is 0 Å². The van der Waals surface area contributed by atoms with E-state index < -0.39 is 0 Å². The molecule has 10 heteroatoms. The topological polar surface area (TPSA) is 108 Å². The van der Waals surface area contributed by atoms with Crippen molar-refractivity contribution in [3.05, 3.63) is 48.4 Å². The highest BCUT2D eigenvalue weighted by molar-refractivity contribution is 7.99. The molecule has 31 heavy (non-hydrogen) atoms. The van der Waals surface area contributed by atoms with Gasteiger partial charge in [-0.3, -0.25) is 14.2 Å². The number of ether oxygens (including phenoxy) is 2. The molecule has 2 heterocycles. The molecule has 0 atom stereocenters. The molecule has 0 aliphatic carbocycles. The highest BCUT2D eigenvalue weighted by Gasteiger charge is 2.17. The highest BCUT2D eigenvalue weighted by atomic mass is 32.2. The molecular formula is C21H24N4O5S. The third-order valence-corrected chi connectivity index (χ3v) is 5.35. The van der Waals surface area contributed by atoms with Crippen LogP contribution in [0.4, 0.5) is 0 Å². The Kier molecular flexibility index (Phi) is 8.11. The number of carbonyl (C=O) groups excluding carboxylic acids is 2. The fourth-order valence-electron chi connectivity index (χ4n) is 2.82. The molecule has 1 N–H and O–H groups in total. The van der Waals surface area contributed by atoms with Crippen LogP contribution in [0.1, 0.15) is 18.6 Å². The number of benzene rings is 1. The van der Waals surface area contributed by atoms with Crippen LogP contribution in [0.5, 0.6) is 5.75 Å². The molecule has 1 amide bonds. The van der Waals surface area contributed by atoms with Gasteiger partial charge in [0.15, 0.2) is 11.0 Å². The van der Waals surface area contributed by atoms with Gasteiger partial charge in [0.05, 0.1) is 32.8 Å². The van der Waals surface area contributed by atoms with Gasteiger partial charge in [0.1, 0.15) is 11.5 Å². The van der Waals surface area contributed by atoms with Crippen LogP contribution in [0.15, 0.2) is 52.2 Å². The number of esters is 1. The van der Waals surface area contributed by atoms with Gasteiger partial charge >= 0.3 is 5.97 Å². The molecule has 3 aromatic rings. The first-order valence-electron chi connectivity index (χ1n) is 9.67. The van der Waals surface area contributed by atoms with E-state index in [0.29, 0.717) is 36.2 Å². The number of hydrogen-bond acceptors (Lipinski definition) is 8. The molecule has 1 aromatic carbocycles. The minimum atomic E-state index is -0.292. The Morgan fingerprint density at radius 2 is 2.06 bits per heavy atom. The first kappa shape index (κ1) is 22.4. The Bertz CT molecular complexity index is 1000. The molecule has 0 radical (unpaired) electrons. The summed E-state index contributed by atoms with van der Waals surface area (Å²) in [5, 5.41) is 12.0. The van der Waals surface area contributed by atoms with Gasteiger partial charge in [-0.05, 0) is 30.7 Å². The second kappa shape index (κ2) is 11.2. The SMILES string of the molecule is COC(=O)CCCNC(=O)CSc1nnc(-c2cccc(OC)c2)n1Cc1ccco1. The third-order valence-electron chi connectivity index (χ3n) is 4.38. The Labute approximate surface area is 184 Å². The number of furan rings is 1. The van der Waals surface area contributed by atoms with Crippen LogP contribution in [0.3, 0.4) is 0 Å². The highest BCUT2D eigenvalue weighted by Crippen LogP contribution is 2.27. The van der Waals surface area contributed by atoms with Crippen LogP contribution in [0.25, 0.3) is 11.4 Å². The van der Waals surface area contributed by atoms with Crippen molar-refractivity contribution in [3.63, 3.8) is 0 Å². The molecule has 0 saturated heterocycles. The average molecular weight is 445 g/mol. The number of aromatic nitrogens is 3. The summed E-state index contributed by atoms with van der Waals surface area (Å²) in [6, 6.07) is 11.2. The van der Waals surface area contributed by atoms with Gasteiger partial charge in [0.25, 0.3) is 0 Å². The van der Waals surface area contributed by atoms with Crippen LogP contribution < -0.4 is 10.1 Å². The molecule has 0 bridgehead atoms. The van der Waals surface area contributed by atoms with Crippen LogP contribution in [0, 0.1) is 0 Å². The minimum Gasteiger partial charge on any atom is -0.497 e. The zero-order chi connectivity index (χ0) is 22.1. The van der Waals surface area contributed by atoms with E-state index in [1.54, 1.807) is 13.4 Å². The van der Waals surface area contributed by atoms with Crippen LogP contribution in [0.2, 0.25) is 0 Å². The Morgan fingerprint density at radius 3 is 2.81 bits per heavy atom. The van der Waals surface area contributed by atoms with E-state index in [2.05, 4.69) is 20.3 Å². The number of nitrogens with one attached hydrogen (secondary N) is 1. The predicted molar refractivity (Wildman–Crippen MR) is 115 cm³/mol. The Balaban J connectivity index is 1.69. The van der Waals surface area contributed by atoms with E-state index in [1.807, 2.05) is 41.0 Å². The van der Waals surface area contributed by atoms with Crippen LogP contribution in [-0.4, -0.2) is 53.2 Å². The van der Waals surface area contributed by atoms with E-state index in [1.165, 1.54) is 18.9 Å². The number of thioether (sulfide) groups is 1. The van der Waals surface area contributed by atoms with Crippen molar-refractivity contribution < 1.29 is 23.5 Å². The summed E-state index contributed by atoms with van der Waals surface area (Å²) in [4.78, 5) is 23.3. The smallest absolute Gasteiger partial charge is 0.305 e. The molecular weight excluding hydrogens is 420 g/mol. The van der Waals surface area contributed by atoms with Crippen molar-refractivity contribution in [3.8, 4) is 17.1 Å². The van der Waals surface area contributed by atoms with E-state index in [9.17, 15) is 9.59 Å². The summed E-state index contributed by atoms with van der Waals surface area (Å²) in [6.45, 7) is 0.832. The van der Waals surface area contributed by atoms with Gasteiger partial charge in [-0.1, -0.05) is 23.9 Å². The van der Waals surface area contributed by atoms with Gasteiger partial charge in [-0.25, -0.2) is 0 Å². The number of nitrogens with zero attached hydrogens (tertiary/aromatic N) is 3. The predicted octanol–water partition coefficient (Wildman–Crippen LogP) is 2.76. The lowest BCUT2D eigenvalue weighted by Gasteiger charge is -2.10. The second-order valence-corrected chi connectivity index (χ2v) is 7.46. The summed E-state index contributed by atoms with van der Waals surface area (Å²) in [5.74, 6) is 1.84. The minimum absolute atomic E-state index is 0.148. The average Bonchev–Trinajstić information content (AvgIpc) is 3.45. The second-order valence-electron chi connectivity index (χ2n) is 6.52. The normalized spacial score (nSPS) is 10.6. The lowest BCUT2D eigenvalue weighted by Crippen LogP contribution is -2.26. The van der Waals surface area contributed by atoms with E-state index in [0.717, 1.165) is 11.3 Å². The number of methoxy groups -OCH3 is 2. The molecule has 0 spiro atoms. The van der Waals surface area contributed by atoms with Crippen LogP contribution >= 0.6 is 11.8 Å². The van der Waals surface area contributed by atoms with Gasteiger partial charge in [0, 0.05) is 18.5 Å². The van der Waals surface area contributed by atoms with Gasteiger partial charge in [-0.15, -0.1) is 10.2 Å². The summed E-state index contributed by atoms with van der Waals surface area (Å²) < 4.78 is 17.3. The molecule has 3 rings (SSSR count). The lowest BCUT2D eigenvalue weighted by atomic mass is 10.2. The first-order chi connectivity index (χ1) is 15.1. The molecule has 2 aromatic heterocycles. The summed E-state index contributed by atoms with van der Waals surface area (Å²) >= 11 is 1.28. The van der Waals surface area contributed by atoms with Gasteiger partial charge < -0.3 is 19.2 Å². The Morgan fingerprint density at radius 1 is 1.19 bits per heavy atom. The summed E-state index contributed by atoms with van der Waals surface area (Å²) in [6.07, 6.45) is 2.41. The number of carbonyl (C=O) groups is 2. The first-order valence-corrected chi connectivity index (χ1v) is 10.7. The van der Waals surface area contributed by atoms with Crippen molar-refractivity contribution >= 4 is 23.6 Å². The molecule has 0 aliphatic heterocycles. The number of hydrogen-bond donors (Lipinski definition) is 1. The number of rotatable bonds is 11. The van der Waals surface area contributed by atoms with Crippen molar-refractivity contribution in [2.45, 2.75) is 24.5 Å². The molecule has 164 valence electrons. The van der Waals surface area contributed by atoms with E-state index in [-0.39, 0.29) is 24.1 Å². The van der Waals surface area contributed by atoms with Crippen molar-refractivity contribution in [2.75, 3.05) is 26.5 Å². The van der Waals surface area contributed by atoms with Gasteiger partial charge in [0.2, 0.25) is 5.91 Å². The molecule has 9 nitrogen and oxygen atoms in total. The summed E-state index contributed by atoms with van der Waals surface area (Å²) in [5.41, 5.74) is 0.845. The fraction of sp³-hybridized carbons (Fsp3) is 0.333. The van der Waals surface area contributed by atoms with Crippen molar-refractivity contribution in [1.29, 1.82) is 0 Å². The lowest BCUT2D eigenvalue weighted by molar-refractivity contribution is -0.140. The summed E-state index contributed by atoms with van der Waals surface area (Å²) in [7, 11) is 2.95. The van der Waals surface area contributed by atoms with Crippen molar-refractivity contribution in [1.82, 2.24) is 20.1 Å². The zero-order valence-electron chi connectivity index (χ0n) is 17.4. The number of amides is 1. The monoisotopic (exact) mass is 444 g/mol. The maximum atomic E-state index is 12.2. The molecule has 0 fully saturated rings. The quantitative estimate of drug-likeness (QED) is 0.273. The van der Waals surface area contributed by atoms with Crippen LogP contribution in [-0.2, 0) is 20.9 Å². The van der Waals surface area contributed by atoms with E-state index >= 15 is 0 Å². The van der Waals surface area contributed by atoms with Crippen molar-refractivity contribution in [2.24, 2.45) is 0 Å². The van der Waals surface area contributed by atoms with E-state index in [4.69, 9.17) is 9.15 Å². The standard InChI is InChI=1S/C21H24N4O5S/c1-28-16-7-3-6-15(12-16)20-23-24-21(25(20)13-17-8-5-11-30-17)31-14-18(26)22-10-4-9-19(27)29-2/h3,5-8,11-12H,4,9-10,13-14H2,1-2H3,(H,22,26). The zero-order valence-corrected chi connectivity index (χ0v) is 18.2. The molecule has 0 saturated carbocycles. The maximum Gasteiger partial charge on any atom is 0.305 e.